The van der Waals surface area contributed by atoms with Crippen molar-refractivity contribution in [3.63, 3.8) is 0 Å². The summed E-state index contributed by atoms with van der Waals surface area (Å²) in [5, 5.41) is -0.284. The Kier molecular flexibility index (Phi) is 11.7. The highest BCUT2D eigenvalue weighted by molar-refractivity contribution is 7.90. The maximum absolute atomic E-state index is 16.3. The molecular weight excluding hydrogens is 739 g/mol. The van der Waals surface area contributed by atoms with Crippen LogP contribution in [0.25, 0.3) is 0 Å². The highest BCUT2D eigenvalue weighted by atomic mass is 35.5. The molecule has 9 nitrogen and oxygen atoms in total. The quantitative estimate of drug-likeness (QED) is 0.277. The maximum Gasteiger partial charge on any atom is 0.264 e. The number of aryl methyl sites for hydroxylation is 1. The Morgan fingerprint density at radius 3 is 2.55 bits per heavy atom. The van der Waals surface area contributed by atoms with Gasteiger partial charge in [-0.05, 0) is 131 Å². The third-order valence-corrected chi connectivity index (χ3v) is 15.9. The Labute approximate surface area is 332 Å². The lowest BCUT2D eigenvalue weighted by Gasteiger charge is -2.39. The van der Waals surface area contributed by atoms with E-state index in [1.165, 1.54) is 36.5 Å². The lowest BCUT2D eigenvalue weighted by atomic mass is 9.70. The van der Waals surface area contributed by atoms with Gasteiger partial charge < -0.3 is 14.5 Å². The molecular formula is C43H58ClFN4O5S. The predicted molar refractivity (Wildman–Crippen MR) is 216 cm³/mol. The first-order chi connectivity index (χ1) is 26.2. The number of hydrogen-bond acceptors (Lipinski definition) is 7. The first-order valence-corrected chi connectivity index (χ1v) is 22.4. The van der Waals surface area contributed by atoms with Crippen LogP contribution in [0.3, 0.4) is 0 Å². The number of likely N-dealkylation sites (N-methyl/N-ethyl adjacent to an activating group) is 1. The number of anilines is 1. The number of fused-ring (bicyclic) bond motifs is 3. The smallest absolute Gasteiger partial charge is 0.264 e. The Balaban J connectivity index is 1.01. The first kappa shape index (κ1) is 40.1. The van der Waals surface area contributed by atoms with E-state index in [9.17, 15) is 18.0 Å². The molecule has 2 aliphatic carbocycles. The Morgan fingerprint density at radius 1 is 1.02 bits per heavy atom. The van der Waals surface area contributed by atoms with Crippen LogP contribution < -0.4 is 14.4 Å². The van der Waals surface area contributed by atoms with E-state index in [1.54, 1.807) is 32.0 Å². The highest BCUT2D eigenvalue weighted by Crippen LogP contribution is 2.45. The van der Waals surface area contributed by atoms with Gasteiger partial charge in [0.15, 0.2) is 0 Å². The molecule has 3 heterocycles. The van der Waals surface area contributed by atoms with Crippen LogP contribution in [0, 0.1) is 11.3 Å². The fourth-order valence-corrected chi connectivity index (χ4v) is 11.7. The van der Waals surface area contributed by atoms with E-state index in [-0.39, 0.29) is 34.8 Å². The molecule has 55 heavy (non-hydrogen) atoms. The van der Waals surface area contributed by atoms with Crippen LogP contribution in [0.4, 0.5) is 10.1 Å². The molecule has 5 aliphatic rings. The van der Waals surface area contributed by atoms with E-state index in [0.717, 1.165) is 56.4 Å². The number of amides is 2. The topological polar surface area (TPSA) is 99.3 Å². The molecule has 1 saturated carbocycles. The van der Waals surface area contributed by atoms with Crippen molar-refractivity contribution in [3.05, 3.63) is 70.0 Å². The number of sulfonamides is 1. The summed E-state index contributed by atoms with van der Waals surface area (Å²) >= 11 is 6.33. The second-order valence-electron chi connectivity index (χ2n) is 17.4. The second-order valence-corrected chi connectivity index (χ2v) is 19.9. The molecule has 2 aromatic rings. The summed E-state index contributed by atoms with van der Waals surface area (Å²) < 4.78 is 52.2. The molecule has 2 saturated heterocycles. The van der Waals surface area contributed by atoms with Crippen LogP contribution in [-0.2, 0) is 26.7 Å². The minimum absolute atomic E-state index is 0.0790. The van der Waals surface area contributed by atoms with Crippen LogP contribution in [0.1, 0.15) is 113 Å². The summed E-state index contributed by atoms with van der Waals surface area (Å²) in [4.78, 5) is 33.5. The number of benzene rings is 2. The van der Waals surface area contributed by atoms with Crippen molar-refractivity contribution in [2.75, 3.05) is 44.7 Å². The first-order valence-electron chi connectivity index (χ1n) is 20.4. The molecule has 0 radical (unpaired) electrons. The zero-order valence-corrected chi connectivity index (χ0v) is 34.5. The molecule has 0 bridgehead atoms. The minimum Gasteiger partial charge on any atom is -0.490 e. The summed E-state index contributed by atoms with van der Waals surface area (Å²) in [6.45, 7) is 8.48. The lowest BCUT2D eigenvalue weighted by molar-refractivity contribution is -0.136. The number of carbonyl (C=O) groups excluding carboxylic acids is 2. The number of hydrogen-bond donors (Lipinski definition) is 1. The molecule has 7 rings (SSSR count). The number of carbonyl (C=O) groups is 2. The van der Waals surface area contributed by atoms with E-state index in [4.69, 9.17) is 16.3 Å². The van der Waals surface area contributed by atoms with Gasteiger partial charge in [0.1, 0.15) is 17.6 Å². The fraction of sp³-hybridized carbons (Fsp3) is 0.628. The third-order valence-electron chi connectivity index (χ3n) is 13.7. The standard InChI is InChI=1S/C43H58ClFN4O5S/c1-29(12-16-36(45)39(49-22-9-10-30(49)2)41(51)48-23-21-42(26-48)18-6-5-7-19-42)31(3)55(52,53)46-40(50)33-13-17-38-37(25-33)47(4)27-43(28-54-38)20-8-11-32-24-34(44)14-15-35(32)43/h13-17,24-25,29-31,39H,5-12,18-23,26-28H2,1-4H3,(H,46,50)/b36-16-/t29-,30+,31+,39+,43-/m0/s1. The van der Waals surface area contributed by atoms with Gasteiger partial charge in [-0.25, -0.2) is 17.5 Å². The number of rotatable bonds is 9. The molecule has 3 fully saturated rings. The number of nitrogens with zero attached hydrogens (tertiary/aromatic N) is 3. The van der Waals surface area contributed by atoms with Crippen molar-refractivity contribution in [1.29, 1.82) is 0 Å². The van der Waals surface area contributed by atoms with Crippen LogP contribution in [0.15, 0.2) is 48.3 Å². The number of nitrogens with one attached hydrogen (secondary N) is 1. The maximum atomic E-state index is 16.3. The van der Waals surface area contributed by atoms with Gasteiger partial charge in [-0.2, -0.15) is 0 Å². The normalized spacial score (nSPS) is 25.9. The summed E-state index contributed by atoms with van der Waals surface area (Å²) in [7, 11) is -2.17. The van der Waals surface area contributed by atoms with Gasteiger partial charge in [-0.3, -0.25) is 14.5 Å². The monoisotopic (exact) mass is 796 g/mol. The van der Waals surface area contributed by atoms with Crippen molar-refractivity contribution < 1.29 is 27.1 Å². The molecule has 5 atom stereocenters. The Bertz CT molecular complexity index is 1920. The molecule has 0 unspecified atom stereocenters. The van der Waals surface area contributed by atoms with Gasteiger partial charge >= 0.3 is 0 Å². The number of likely N-dealkylation sites (tertiary alicyclic amines) is 2. The van der Waals surface area contributed by atoms with E-state index in [1.807, 2.05) is 35.9 Å². The van der Waals surface area contributed by atoms with Gasteiger partial charge in [0.2, 0.25) is 15.9 Å². The van der Waals surface area contributed by atoms with Crippen LogP contribution in [0.5, 0.6) is 5.75 Å². The van der Waals surface area contributed by atoms with Gasteiger partial charge in [-0.15, -0.1) is 0 Å². The molecule has 12 heteroatoms. The summed E-state index contributed by atoms with van der Waals surface area (Å²) in [6.07, 6.45) is 13.1. The third kappa shape index (κ3) is 8.17. The van der Waals surface area contributed by atoms with E-state index >= 15 is 4.39 Å². The molecule has 0 aromatic heterocycles. The minimum atomic E-state index is -4.14. The van der Waals surface area contributed by atoms with Crippen LogP contribution in [0.2, 0.25) is 5.02 Å². The number of allylic oxidation sites excluding steroid dienone is 1. The zero-order chi connectivity index (χ0) is 39.1. The van der Waals surface area contributed by atoms with Crippen molar-refractivity contribution >= 4 is 39.1 Å². The van der Waals surface area contributed by atoms with Gasteiger partial charge in [-0.1, -0.05) is 49.9 Å². The molecule has 2 aromatic carbocycles. The van der Waals surface area contributed by atoms with E-state index in [0.29, 0.717) is 44.2 Å². The molecule has 2 spiro atoms. The van der Waals surface area contributed by atoms with E-state index in [2.05, 4.69) is 15.7 Å². The average molecular weight is 797 g/mol. The van der Waals surface area contributed by atoms with Crippen molar-refractivity contribution in [3.8, 4) is 5.75 Å². The second kappa shape index (κ2) is 16.0. The van der Waals surface area contributed by atoms with E-state index < -0.39 is 39.0 Å². The van der Waals surface area contributed by atoms with Gasteiger partial charge in [0.25, 0.3) is 5.91 Å². The fourth-order valence-electron chi connectivity index (χ4n) is 10.2. The van der Waals surface area contributed by atoms with Crippen LogP contribution in [-0.4, -0.2) is 87.2 Å². The SMILES string of the molecule is C[C@@H]1CCCN1[C@@H](C(=O)N1CCC2(CCCCC2)C1)/C(F)=C/C[C@H](C)[C@@H](C)S(=O)(=O)NC(=O)c1ccc2c(c1)N(C)C[C@@]1(CCCc3cc(Cl)ccc31)CO2. The lowest BCUT2D eigenvalue weighted by Crippen LogP contribution is -2.50. The Hall–Kier alpha value is -3.15. The molecule has 1 N–H and O–H groups in total. The average Bonchev–Trinajstić information content (AvgIpc) is 3.74. The number of ether oxygens (including phenoxy) is 1. The zero-order valence-electron chi connectivity index (χ0n) is 32.9. The number of halogens is 2. The highest BCUT2D eigenvalue weighted by Gasteiger charge is 2.45. The molecule has 2 amide bonds. The Morgan fingerprint density at radius 2 is 1.80 bits per heavy atom. The summed E-state index contributed by atoms with van der Waals surface area (Å²) in [5.74, 6) is -1.32. The van der Waals surface area contributed by atoms with Gasteiger partial charge in [0, 0.05) is 48.7 Å². The van der Waals surface area contributed by atoms with Crippen LogP contribution >= 0.6 is 11.6 Å². The van der Waals surface area contributed by atoms with Crippen molar-refractivity contribution in [1.82, 2.24) is 14.5 Å². The summed E-state index contributed by atoms with van der Waals surface area (Å²) in [5.41, 5.74) is 3.30. The summed E-state index contributed by atoms with van der Waals surface area (Å²) in [6, 6.07) is 10.2. The van der Waals surface area contributed by atoms with Crippen molar-refractivity contribution in [2.45, 2.75) is 121 Å². The van der Waals surface area contributed by atoms with Gasteiger partial charge in [0.05, 0.1) is 17.5 Å². The van der Waals surface area contributed by atoms with Crippen molar-refractivity contribution in [2.24, 2.45) is 11.3 Å². The molecule has 300 valence electrons. The predicted octanol–water partition coefficient (Wildman–Crippen LogP) is 7.81. The largest absolute Gasteiger partial charge is 0.490 e. The molecule has 3 aliphatic heterocycles.